The van der Waals surface area contributed by atoms with Crippen LogP contribution in [0.5, 0.6) is 5.75 Å². The van der Waals surface area contributed by atoms with Gasteiger partial charge in [0.1, 0.15) is 0 Å². The molecule has 100 valence electrons. The first-order chi connectivity index (χ1) is 8.40. The van der Waals surface area contributed by atoms with Crippen LogP contribution in [-0.2, 0) is 0 Å². The number of hydrogen-bond acceptors (Lipinski definition) is 3. The van der Waals surface area contributed by atoms with Gasteiger partial charge in [-0.15, -0.1) is 0 Å². The van der Waals surface area contributed by atoms with Gasteiger partial charge in [-0.1, -0.05) is 0 Å². The van der Waals surface area contributed by atoms with E-state index in [9.17, 15) is 18.0 Å². The van der Waals surface area contributed by atoms with Crippen molar-refractivity contribution in [1.82, 2.24) is 4.98 Å². The Hall–Kier alpha value is -1.79. The van der Waals surface area contributed by atoms with Gasteiger partial charge < -0.3 is 9.84 Å². The smallest absolute Gasteiger partial charge is 0.389 e. The third-order valence-corrected chi connectivity index (χ3v) is 2.09. The number of halogens is 3. The van der Waals surface area contributed by atoms with Gasteiger partial charge in [0, 0.05) is 12.6 Å². The monoisotopic (exact) mass is 263 g/mol. The second-order valence-corrected chi connectivity index (χ2v) is 3.58. The highest BCUT2D eigenvalue weighted by molar-refractivity contribution is 5.88. The lowest BCUT2D eigenvalue weighted by Gasteiger charge is -2.09. The van der Waals surface area contributed by atoms with Crippen molar-refractivity contribution in [1.29, 1.82) is 0 Å². The molecule has 7 heteroatoms. The van der Waals surface area contributed by atoms with Crippen molar-refractivity contribution in [3.63, 3.8) is 0 Å². The van der Waals surface area contributed by atoms with Gasteiger partial charge in [-0.3, -0.25) is 0 Å². The van der Waals surface area contributed by atoms with E-state index in [4.69, 9.17) is 9.84 Å². The number of nitrogens with zero attached hydrogens (tertiary/aromatic N) is 1. The van der Waals surface area contributed by atoms with Crippen molar-refractivity contribution in [2.75, 3.05) is 6.61 Å². The van der Waals surface area contributed by atoms with Gasteiger partial charge in [-0.05, 0) is 25.0 Å². The Balaban J connectivity index is 2.38. The van der Waals surface area contributed by atoms with Crippen LogP contribution in [-0.4, -0.2) is 28.8 Å². The standard InChI is InChI=1S/C11H12F3NO3/c12-11(13,14)5-1-2-7-18-8-4-3-6-15-9(8)10(16)17/h3-4,6H,1-2,5,7H2,(H,16,17). The van der Waals surface area contributed by atoms with E-state index < -0.39 is 18.6 Å². The molecule has 1 heterocycles. The van der Waals surface area contributed by atoms with Gasteiger partial charge in [0.05, 0.1) is 6.61 Å². The van der Waals surface area contributed by atoms with Gasteiger partial charge in [0.15, 0.2) is 11.4 Å². The number of alkyl halides is 3. The summed E-state index contributed by atoms with van der Waals surface area (Å²) in [6.07, 6.45) is -3.57. The molecule has 0 aliphatic carbocycles. The van der Waals surface area contributed by atoms with Crippen LogP contribution in [0.4, 0.5) is 13.2 Å². The zero-order chi connectivity index (χ0) is 13.6. The average molecular weight is 263 g/mol. The molecule has 0 aliphatic heterocycles. The fourth-order valence-corrected chi connectivity index (χ4v) is 1.28. The summed E-state index contributed by atoms with van der Waals surface area (Å²) >= 11 is 0. The van der Waals surface area contributed by atoms with E-state index in [1.54, 1.807) is 0 Å². The molecule has 0 saturated carbocycles. The Morgan fingerprint density at radius 3 is 2.72 bits per heavy atom. The highest BCUT2D eigenvalue weighted by atomic mass is 19.4. The number of aromatic carboxylic acids is 1. The topological polar surface area (TPSA) is 59.4 Å². The molecular formula is C11H12F3NO3. The number of ether oxygens (including phenoxy) is 1. The molecule has 0 aromatic carbocycles. The van der Waals surface area contributed by atoms with Gasteiger partial charge >= 0.3 is 12.1 Å². The molecule has 0 amide bonds. The molecular weight excluding hydrogens is 251 g/mol. The van der Waals surface area contributed by atoms with Crippen LogP contribution in [0, 0.1) is 0 Å². The van der Waals surface area contributed by atoms with Gasteiger partial charge in [-0.25, -0.2) is 9.78 Å². The molecule has 18 heavy (non-hydrogen) atoms. The van der Waals surface area contributed by atoms with Gasteiger partial charge in [-0.2, -0.15) is 13.2 Å². The predicted octanol–water partition coefficient (Wildman–Crippen LogP) is 2.89. The fraction of sp³-hybridized carbons (Fsp3) is 0.455. The van der Waals surface area contributed by atoms with Gasteiger partial charge in [0.2, 0.25) is 0 Å². The zero-order valence-electron chi connectivity index (χ0n) is 9.41. The van der Waals surface area contributed by atoms with E-state index in [0.29, 0.717) is 0 Å². The van der Waals surface area contributed by atoms with Crippen molar-refractivity contribution < 1.29 is 27.8 Å². The number of carboxylic acid groups (broad SMARTS) is 1. The molecule has 0 unspecified atom stereocenters. The molecule has 1 rings (SSSR count). The molecule has 0 radical (unpaired) electrons. The first-order valence-corrected chi connectivity index (χ1v) is 5.28. The lowest BCUT2D eigenvalue weighted by molar-refractivity contribution is -0.135. The van der Waals surface area contributed by atoms with Gasteiger partial charge in [0.25, 0.3) is 0 Å². The minimum atomic E-state index is -4.17. The molecule has 0 fully saturated rings. The van der Waals surface area contributed by atoms with Crippen molar-refractivity contribution >= 4 is 5.97 Å². The Kier molecular flexibility index (Phi) is 4.94. The summed E-state index contributed by atoms with van der Waals surface area (Å²) < 4.78 is 40.6. The lowest BCUT2D eigenvalue weighted by atomic mass is 10.2. The molecule has 0 aliphatic rings. The van der Waals surface area contributed by atoms with Crippen LogP contribution in [0.3, 0.4) is 0 Å². The number of hydrogen-bond donors (Lipinski definition) is 1. The minimum absolute atomic E-state index is 0.0298. The van der Waals surface area contributed by atoms with Crippen LogP contribution in [0.25, 0.3) is 0 Å². The summed E-state index contributed by atoms with van der Waals surface area (Å²) in [4.78, 5) is 14.4. The highest BCUT2D eigenvalue weighted by Crippen LogP contribution is 2.22. The van der Waals surface area contributed by atoms with E-state index in [0.717, 1.165) is 0 Å². The number of rotatable bonds is 6. The van der Waals surface area contributed by atoms with Crippen molar-refractivity contribution in [2.45, 2.75) is 25.4 Å². The third kappa shape index (κ3) is 5.03. The summed E-state index contributed by atoms with van der Waals surface area (Å²) in [5.41, 5.74) is -0.242. The second-order valence-electron chi connectivity index (χ2n) is 3.58. The molecule has 1 aromatic rings. The van der Waals surface area contributed by atoms with E-state index >= 15 is 0 Å². The SMILES string of the molecule is O=C(O)c1ncccc1OCCCCC(F)(F)F. The van der Waals surface area contributed by atoms with E-state index in [-0.39, 0.29) is 30.9 Å². The van der Waals surface area contributed by atoms with E-state index in [2.05, 4.69) is 4.98 Å². The maximum atomic E-state index is 11.8. The van der Waals surface area contributed by atoms with Crippen molar-refractivity contribution in [2.24, 2.45) is 0 Å². The van der Waals surface area contributed by atoms with E-state index in [1.165, 1.54) is 18.3 Å². The average Bonchev–Trinajstić information content (AvgIpc) is 2.27. The Labute approximate surface area is 101 Å². The summed E-state index contributed by atoms with van der Waals surface area (Å²) in [6, 6.07) is 2.91. The van der Waals surface area contributed by atoms with Crippen LogP contribution < -0.4 is 4.74 Å². The summed E-state index contributed by atoms with van der Waals surface area (Å²) in [5.74, 6) is -1.17. The second kappa shape index (κ2) is 6.23. The Morgan fingerprint density at radius 1 is 1.39 bits per heavy atom. The normalized spacial score (nSPS) is 11.3. The molecule has 0 saturated heterocycles. The summed E-state index contributed by atoms with van der Waals surface area (Å²) in [7, 11) is 0. The minimum Gasteiger partial charge on any atom is -0.491 e. The Morgan fingerprint density at radius 2 is 2.11 bits per heavy atom. The van der Waals surface area contributed by atoms with E-state index in [1.807, 2.05) is 0 Å². The summed E-state index contributed by atoms with van der Waals surface area (Å²) in [6.45, 7) is 0.0298. The van der Waals surface area contributed by atoms with Crippen LogP contribution in [0.15, 0.2) is 18.3 Å². The highest BCUT2D eigenvalue weighted by Gasteiger charge is 2.25. The Bertz CT molecular complexity index is 407. The largest absolute Gasteiger partial charge is 0.491 e. The third-order valence-electron chi connectivity index (χ3n) is 2.09. The zero-order valence-corrected chi connectivity index (χ0v) is 9.41. The maximum Gasteiger partial charge on any atom is 0.389 e. The predicted molar refractivity (Wildman–Crippen MR) is 56.6 cm³/mol. The molecule has 4 nitrogen and oxygen atoms in total. The number of carbonyl (C=O) groups is 1. The molecule has 0 spiro atoms. The fourth-order valence-electron chi connectivity index (χ4n) is 1.28. The maximum absolute atomic E-state index is 11.8. The first-order valence-electron chi connectivity index (χ1n) is 5.28. The number of aromatic nitrogens is 1. The summed E-state index contributed by atoms with van der Waals surface area (Å²) in [5, 5.41) is 8.78. The molecule has 1 N–H and O–H groups in total. The first kappa shape index (κ1) is 14.3. The molecule has 0 atom stereocenters. The van der Waals surface area contributed by atoms with Crippen LogP contribution >= 0.6 is 0 Å². The number of unbranched alkanes of at least 4 members (excludes halogenated alkanes) is 1. The quantitative estimate of drug-likeness (QED) is 0.802. The van der Waals surface area contributed by atoms with Crippen LogP contribution in [0.1, 0.15) is 29.8 Å². The van der Waals surface area contributed by atoms with Crippen molar-refractivity contribution in [3.8, 4) is 5.75 Å². The van der Waals surface area contributed by atoms with Crippen LogP contribution in [0.2, 0.25) is 0 Å². The lowest BCUT2D eigenvalue weighted by Crippen LogP contribution is -2.09. The molecule has 0 bridgehead atoms. The van der Waals surface area contributed by atoms with Crippen molar-refractivity contribution in [3.05, 3.63) is 24.0 Å². The molecule has 1 aromatic heterocycles. The number of carboxylic acids is 1. The number of pyridine rings is 1.